The van der Waals surface area contributed by atoms with Crippen LogP contribution in [0.5, 0.6) is 0 Å². The maximum absolute atomic E-state index is 13.7. The zero-order chi connectivity index (χ0) is 23.7. The Balaban J connectivity index is 1.86. The monoisotopic (exact) mass is 469 g/mol. The van der Waals surface area contributed by atoms with Crippen LogP contribution in [-0.4, -0.2) is 38.5 Å². The van der Waals surface area contributed by atoms with Gasteiger partial charge in [-0.2, -0.15) is 0 Å². The number of thiophene rings is 1. The van der Waals surface area contributed by atoms with E-state index in [1.54, 1.807) is 29.5 Å². The van der Waals surface area contributed by atoms with Crippen molar-refractivity contribution in [3.8, 4) is 11.1 Å². The Morgan fingerprint density at radius 2 is 1.97 bits per heavy atom. The standard InChI is InChI=1S/C26H28FNO4S/c1-3-20-14(2)33-26-24(20)23(15-6-8-17(27)9-7-15)21(25(28-26)16-4-5-16)11-10-18(29)12-19(30)13-22(31)32/h6-11,16,18-19,29-30H,3-5,12-13H2,1-2H3,(H,31,32)/b11-10+. The maximum Gasteiger partial charge on any atom is 0.305 e. The number of aliphatic carboxylic acids is 1. The van der Waals surface area contributed by atoms with Gasteiger partial charge in [0, 0.05) is 33.7 Å². The second-order valence-corrected chi connectivity index (χ2v) is 9.85. The van der Waals surface area contributed by atoms with Crippen LogP contribution in [0.15, 0.2) is 30.3 Å². The Morgan fingerprint density at radius 1 is 1.27 bits per heavy atom. The van der Waals surface area contributed by atoms with E-state index in [9.17, 15) is 19.4 Å². The zero-order valence-corrected chi connectivity index (χ0v) is 19.5. The molecule has 0 amide bonds. The van der Waals surface area contributed by atoms with Gasteiger partial charge >= 0.3 is 5.97 Å². The minimum absolute atomic E-state index is 0.0686. The molecule has 0 bridgehead atoms. The summed E-state index contributed by atoms with van der Waals surface area (Å²) >= 11 is 1.67. The van der Waals surface area contributed by atoms with Crippen LogP contribution in [0.4, 0.5) is 4.39 Å². The predicted octanol–water partition coefficient (Wildman–Crippen LogP) is 5.45. The maximum atomic E-state index is 13.7. The molecule has 0 radical (unpaired) electrons. The number of fused-ring (bicyclic) bond motifs is 1. The highest BCUT2D eigenvalue weighted by Gasteiger charge is 2.31. The van der Waals surface area contributed by atoms with Crippen molar-refractivity contribution in [1.82, 2.24) is 4.98 Å². The van der Waals surface area contributed by atoms with Crippen LogP contribution in [0, 0.1) is 12.7 Å². The summed E-state index contributed by atoms with van der Waals surface area (Å²) in [5.74, 6) is -1.07. The molecule has 7 heteroatoms. The molecule has 1 saturated carbocycles. The lowest BCUT2D eigenvalue weighted by molar-refractivity contribution is -0.139. The van der Waals surface area contributed by atoms with Crippen molar-refractivity contribution in [2.75, 3.05) is 0 Å². The summed E-state index contributed by atoms with van der Waals surface area (Å²) in [6.07, 6.45) is 3.76. The lowest BCUT2D eigenvalue weighted by Gasteiger charge is -2.16. The Morgan fingerprint density at radius 3 is 2.58 bits per heavy atom. The average molecular weight is 470 g/mol. The number of halogens is 1. The van der Waals surface area contributed by atoms with Gasteiger partial charge in [-0.05, 0) is 49.4 Å². The molecule has 0 aliphatic heterocycles. The largest absolute Gasteiger partial charge is 0.481 e. The zero-order valence-electron chi connectivity index (χ0n) is 18.7. The second-order valence-electron chi connectivity index (χ2n) is 8.65. The molecule has 1 aliphatic carbocycles. The van der Waals surface area contributed by atoms with E-state index in [2.05, 4.69) is 13.8 Å². The molecule has 3 N–H and O–H groups in total. The van der Waals surface area contributed by atoms with E-state index in [4.69, 9.17) is 10.1 Å². The van der Waals surface area contributed by atoms with Gasteiger partial charge in [-0.1, -0.05) is 31.2 Å². The van der Waals surface area contributed by atoms with Gasteiger partial charge in [0.25, 0.3) is 0 Å². The number of carboxylic acid groups (broad SMARTS) is 1. The van der Waals surface area contributed by atoms with E-state index >= 15 is 0 Å². The number of benzene rings is 1. The van der Waals surface area contributed by atoms with Crippen molar-refractivity contribution < 1.29 is 24.5 Å². The Bertz CT molecular complexity index is 1200. The van der Waals surface area contributed by atoms with Crippen LogP contribution >= 0.6 is 11.3 Å². The third kappa shape index (κ3) is 5.16. The van der Waals surface area contributed by atoms with Gasteiger partial charge in [0.2, 0.25) is 0 Å². The number of hydrogen-bond acceptors (Lipinski definition) is 5. The number of carbonyl (C=O) groups is 1. The van der Waals surface area contributed by atoms with Crippen molar-refractivity contribution in [2.24, 2.45) is 0 Å². The normalized spacial score (nSPS) is 15.9. The number of hydrogen-bond donors (Lipinski definition) is 3. The summed E-state index contributed by atoms with van der Waals surface area (Å²) in [5, 5.41) is 30.3. The third-order valence-electron chi connectivity index (χ3n) is 6.07. The number of aryl methyl sites for hydroxylation is 2. The SMILES string of the molecule is CCc1c(C)sc2nc(C3CC3)c(/C=C/C(O)CC(O)CC(=O)O)c(-c3ccc(F)cc3)c12. The van der Waals surface area contributed by atoms with Gasteiger partial charge in [-0.25, -0.2) is 9.37 Å². The molecule has 1 aliphatic rings. The van der Waals surface area contributed by atoms with E-state index in [0.717, 1.165) is 51.9 Å². The van der Waals surface area contributed by atoms with Crippen LogP contribution in [0.3, 0.4) is 0 Å². The quantitative estimate of drug-likeness (QED) is 0.388. The summed E-state index contributed by atoms with van der Waals surface area (Å²) in [4.78, 5) is 18.0. The first-order valence-electron chi connectivity index (χ1n) is 11.3. The molecule has 2 atom stereocenters. The van der Waals surface area contributed by atoms with Crippen molar-refractivity contribution in [1.29, 1.82) is 0 Å². The fourth-order valence-electron chi connectivity index (χ4n) is 4.36. The third-order valence-corrected chi connectivity index (χ3v) is 7.11. The first kappa shape index (κ1) is 23.5. The van der Waals surface area contributed by atoms with E-state index in [1.165, 1.54) is 22.6 Å². The molecule has 2 aromatic heterocycles. The van der Waals surface area contributed by atoms with Gasteiger partial charge in [-0.3, -0.25) is 4.79 Å². The van der Waals surface area contributed by atoms with Crippen LogP contribution in [0.1, 0.15) is 60.2 Å². The summed E-state index contributed by atoms with van der Waals surface area (Å²) in [7, 11) is 0. The molecule has 4 rings (SSSR count). The number of pyridine rings is 1. The van der Waals surface area contributed by atoms with Crippen molar-refractivity contribution >= 4 is 33.6 Å². The smallest absolute Gasteiger partial charge is 0.305 e. The minimum atomic E-state index is -1.13. The number of rotatable bonds is 9. The van der Waals surface area contributed by atoms with E-state index < -0.39 is 24.6 Å². The van der Waals surface area contributed by atoms with Crippen molar-refractivity contribution in [2.45, 2.75) is 64.1 Å². The number of aliphatic hydroxyl groups is 2. The number of aromatic nitrogens is 1. The molecule has 1 aromatic carbocycles. The average Bonchev–Trinajstić information content (AvgIpc) is 3.54. The lowest BCUT2D eigenvalue weighted by Crippen LogP contribution is -2.19. The van der Waals surface area contributed by atoms with E-state index in [0.29, 0.717) is 5.92 Å². The number of nitrogens with zero attached hydrogens (tertiary/aromatic N) is 1. The van der Waals surface area contributed by atoms with Gasteiger partial charge in [-0.15, -0.1) is 11.3 Å². The molecule has 174 valence electrons. The minimum Gasteiger partial charge on any atom is -0.481 e. The molecular formula is C26H28FNO4S. The van der Waals surface area contributed by atoms with Gasteiger partial charge in [0.1, 0.15) is 10.6 Å². The first-order valence-corrected chi connectivity index (χ1v) is 12.1. The second kappa shape index (κ2) is 9.71. The van der Waals surface area contributed by atoms with Crippen LogP contribution in [0.25, 0.3) is 27.4 Å². The van der Waals surface area contributed by atoms with Crippen molar-refractivity contribution in [3.05, 3.63) is 57.9 Å². The topological polar surface area (TPSA) is 90.7 Å². The van der Waals surface area contributed by atoms with Gasteiger partial charge in [0.15, 0.2) is 0 Å². The molecule has 2 unspecified atom stereocenters. The molecular weight excluding hydrogens is 441 g/mol. The Kier molecular flexibility index (Phi) is 6.93. The fourth-order valence-corrected chi connectivity index (χ4v) is 5.49. The molecule has 5 nitrogen and oxygen atoms in total. The molecule has 33 heavy (non-hydrogen) atoms. The summed E-state index contributed by atoms with van der Waals surface area (Å²) in [5.41, 5.74) is 4.96. The summed E-state index contributed by atoms with van der Waals surface area (Å²) in [6, 6.07) is 6.46. The first-order chi connectivity index (χ1) is 15.8. The molecule has 0 spiro atoms. The highest BCUT2D eigenvalue weighted by Crippen LogP contribution is 2.47. The lowest BCUT2D eigenvalue weighted by atomic mass is 9.91. The van der Waals surface area contributed by atoms with Gasteiger partial charge in [0.05, 0.1) is 24.3 Å². The highest BCUT2D eigenvalue weighted by molar-refractivity contribution is 7.18. The molecule has 0 saturated heterocycles. The van der Waals surface area contributed by atoms with Gasteiger partial charge < -0.3 is 15.3 Å². The molecule has 2 heterocycles. The van der Waals surface area contributed by atoms with Crippen LogP contribution in [-0.2, 0) is 11.2 Å². The van der Waals surface area contributed by atoms with E-state index in [-0.39, 0.29) is 12.2 Å². The fraction of sp³-hybridized carbons (Fsp3) is 0.385. The predicted molar refractivity (Wildman–Crippen MR) is 129 cm³/mol. The molecule has 3 aromatic rings. The Labute approximate surface area is 196 Å². The summed E-state index contributed by atoms with van der Waals surface area (Å²) in [6.45, 7) is 4.21. The van der Waals surface area contributed by atoms with Crippen molar-refractivity contribution in [3.63, 3.8) is 0 Å². The number of aliphatic hydroxyl groups excluding tert-OH is 2. The highest BCUT2D eigenvalue weighted by atomic mass is 32.1. The molecule has 1 fully saturated rings. The van der Waals surface area contributed by atoms with E-state index in [1.807, 2.05) is 6.08 Å². The summed E-state index contributed by atoms with van der Waals surface area (Å²) < 4.78 is 13.7. The van der Waals surface area contributed by atoms with Crippen LogP contribution in [0.2, 0.25) is 0 Å². The number of carboxylic acids is 1. The Hall–Kier alpha value is -2.61. The van der Waals surface area contributed by atoms with Crippen LogP contribution < -0.4 is 0 Å².